The molecule has 2 N–H and O–H groups in total. The van der Waals surface area contributed by atoms with Crippen molar-refractivity contribution in [1.29, 1.82) is 0 Å². The lowest BCUT2D eigenvalue weighted by Gasteiger charge is -2.26. The summed E-state index contributed by atoms with van der Waals surface area (Å²) >= 11 is 0. The van der Waals surface area contributed by atoms with Crippen LogP contribution in [0.5, 0.6) is 5.75 Å². The predicted molar refractivity (Wildman–Crippen MR) is 95.0 cm³/mol. The van der Waals surface area contributed by atoms with Crippen LogP contribution < -0.4 is 15.4 Å². The average Bonchev–Trinajstić information content (AvgIpc) is 3.11. The Balaban J connectivity index is 1.45. The molecule has 6 nitrogen and oxygen atoms in total. The third-order valence-corrected chi connectivity index (χ3v) is 4.18. The van der Waals surface area contributed by atoms with Crippen LogP contribution in [0.1, 0.15) is 18.0 Å². The molecule has 3 aromatic rings. The van der Waals surface area contributed by atoms with Crippen LogP contribution in [0.4, 0.5) is 15.0 Å². The van der Waals surface area contributed by atoms with Crippen molar-refractivity contribution in [2.45, 2.75) is 12.5 Å². The number of hydrogen-bond donors (Lipinski definition) is 2. The van der Waals surface area contributed by atoms with Gasteiger partial charge in [-0.15, -0.1) is 5.10 Å². The van der Waals surface area contributed by atoms with Crippen molar-refractivity contribution in [2.24, 2.45) is 0 Å². The second-order valence-corrected chi connectivity index (χ2v) is 5.92. The molecule has 0 unspecified atom stereocenters. The Kier molecular flexibility index (Phi) is 4.27. The fourth-order valence-corrected chi connectivity index (χ4v) is 2.98. The number of carbonyl (C=O) groups excluding carboxylic acids is 1. The SMILES string of the molecule is O=C(Nc1ccn(-c2ccccc2)n1)N[C@H]1CCOc2cccc(F)c21. The Morgan fingerprint density at radius 2 is 2.00 bits per heavy atom. The summed E-state index contributed by atoms with van der Waals surface area (Å²) < 4.78 is 21.2. The van der Waals surface area contributed by atoms with Gasteiger partial charge >= 0.3 is 6.03 Å². The van der Waals surface area contributed by atoms with E-state index in [1.165, 1.54) is 6.07 Å². The van der Waals surface area contributed by atoms with Gasteiger partial charge in [0.2, 0.25) is 0 Å². The summed E-state index contributed by atoms with van der Waals surface area (Å²) in [6.07, 6.45) is 2.26. The Morgan fingerprint density at radius 1 is 1.15 bits per heavy atom. The lowest BCUT2D eigenvalue weighted by Crippen LogP contribution is -2.35. The molecule has 0 bridgehead atoms. The highest BCUT2D eigenvalue weighted by Gasteiger charge is 2.26. The topological polar surface area (TPSA) is 68.2 Å². The van der Waals surface area contributed by atoms with Gasteiger partial charge in [-0.05, 0) is 24.3 Å². The van der Waals surface area contributed by atoms with E-state index in [4.69, 9.17) is 4.74 Å². The Hall–Kier alpha value is -3.35. The zero-order chi connectivity index (χ0) is 17.9. The summed E-state index contributed by atoms with van der Waals surface area (Å²) in [6, 6.07) is 15.0. The standard InChI is InChI=1S/C19H17FN4O2/c20-14-7-4-8-16-18(14)15(10-12-26-16)21-19(25)22-17-9-11-24(23-17)13-5-2-1-3-6-13/h1-9,11,15H,10,12H2,(H2,21,22,23,25)/t15-/m0/s1. The molecular weight excluding hydrogens is 335 g/mol. The summed E-state index contributed by atoms with van der Waals surface area (Å²) in [5.41, 5.74) is 1.27. The van der Waals surface area contributed by atoms with Crippen LogP contribution in [-0.2, 0) is 0 Å². The molecule has 2 aromatic carbocycles. The molecule has 26 heavy (non-hydrogen) atoms. The summed E-state index contributed by atoms with van der Waals surface area (Å²) in [6.45, 7) is 0.421. The lowest BCUT2D eigenvalue weighted by atomic mass is 10.00. The first-order chi connectivity index (χ1) is 12.7. The van der Waals surface area contributed by atoms with Crippen molar-refractivity contribution < 1.29 is 13.9 Å². The number of para-hydroxylation sites is 1. The smallest absolute Gasteiger partial charge is 0.320 e. The molecule has 0 saturated heterocycles. The number of carbonyl (C=O) groups is 1. The number of nitrogens with one attached hydrogen (secondary N) is 2. The minimum Gasteiger partial charge on any atom is -0.493 e. The quantitative estimate of drug-likeness (QED) is 0.756. The molecule has 0 saturated carbocycles. The lowest BCUT2D eigenvalue weighted by molar-refractivity contribution is 0.230. The van der Waals surface area contributed by atoms with Crippen molar-refractivity contribution >= 4 is 11.8 Å². The van der Waals surface area contributed by atoms with Gasteiger partial charge < -0.3 is 10.1 Å². The van der Waals surface area contributed by atoms with Crippen LogP contribution in [0.15, 0.2) is 60.8 Å². The largest absolute Gasteiger partial charge is 0.493 e. The van der Waals surface area contributed by atoms with Gasteiger partial charge in [0, 0.05) is 18.7 Å². The number of halogens is 1. The molecule has 132 valence electrons. The van der Waals surface area contributed by atoms with Crippen LogP contribution in [-0.4, -0.2) is 22.4 Å². The van der Waals surface area contributed by atoms with Crippen molar-refractivity contribution in [3.63, 3.8) is 0 Å². The summed E-state index contributed by atoms with van der Waals surface area (Å²) in [7, 11) is 0. The molecule has 1 aromatic heterocycles. The molecule has 4 rings (SSSR count). The van der Waals surface area contributed by atoms with Crippen molar-refractivity contribution in [1.82, 2.24) is 15.1 Å². The number of nitrogens with zero attached hydrogens (tertiary/aromatic N) is 2. The number of anilines is 1. The van der Waals surface area contributed by atoms with Crippen molar-refractivity contribution in [2.75, 3.05) is 11.9 Å². The van der Waals surface area contributed by atoms with Gasteiger partial charge in [-0.1, -0.05) is 24.3 Å². The Labute approximate surface area is 149 Å². The van der Waals surface area contributed by atoms with E-state index in [1.54, 1.807) is 29.1 Å². The highest BCUT2D eigenvalue weighted by molar-refractivity contribution is 5.88. The fraction of sp³-hybridized carbons (Fsp3) is 0.158. The molecule has 7 heteroatoms. The molecular formula is C19H17FN4O2. The summed E-state index contributed by atoms with van der Waals surface area (Å²) in [4.78, 5) is 12.3. The maximum Gasteiger partial charge on any atom is 0.320 e. The molecule has 0 spiro atoms. The van der Waals surface area contributed by atoms with Crippen LogP contribution in [0.2, 0.25) is 0 Å². The van der Waals surface area contributed by atoms with Gasteiger partial charge in [-0.2, -0.15) is 0 Å². The average molecular weight is 352 g/mol. The van der Waals surface area contributed by atoms with E-state index in [9.17, 15) is 9.18 Å². The monoisotopic (exact) mass is 352 g/mol. The molecule has 0 radical (unpaired) electrons. The predicted octanol–water partition coefficient (Wildman–Crippen LogP) is 3.66. The van der Waals surface area contributed by atoms with Gasteiger partial charge in [-0.3, -0.25) is 5.32 Å². The first-order valence-corrected chi connectivity index (χ1v) is 8.30. The van der Waals surface area contributed by atoms with E-state index in [0.29, 0.717) is 30.2 Å². The number of rotatable bonds is 3. The van der Waals surface area contributed by atoms with Crippen LogP contribution >= 0.6 is 0 Å². The zero-order valence-electron chi connectivity index (χ0n) is 13.9. The first kappa shape index (κ1) is 16.1. The number of benzene rings is 2. The summed E-state index contributed by atoms with van der Waals surface area (Å²) in [5.74, 6) is 0.489. The number of ether oxygens (including phenoxy) is 1. The number of fused-ring (bicyclic) bond motifs is 1. The molecule has 0 aliphatic carbocycles. The zero-order valence-corrected chi connectivity index (χ0v) is 13.9. The summed E-state index contributed by atoms with van der Waals surface area (Å²) in [5, 5.41) is 9.80. The van der Waals surface area contributed by atoms with Crippen molar-refractivity contribution in [3.05, 3.63) is 72.2 Å². The minimum absolute atomic E-state index is 0.378. The third kappa shape index (κ3) is 3.23. The number of aromatic nitrogens is 2. The van der Waals surface area contributed by atoms with Crippen molar-refractivity contribution in [3.8, 4) is 11.4 Å². The van der Waals surface area contributed by atoms with E-state index < -0.39 is 12.1 Å². The number of urea groups is 1. The first-order valence-electron chi connectivity index (χ1n) is 8.30. The second-order valence-electron chi connectivity index (χ2n) is 5.92. The maximum atomic E-state index is 14.1. The van der Waals surface area contributed by atoms with E-state index in [1.807, 2.05) is 30.3 Å². The van der Waals surface area contributed by atoms with Gasteiger partial charge in [0.15, 0.2) is 5.82 Å². The molecule has 1 aliphatic rings. The van der Waals surface area contributed by atoms with E-state index >= 15 is 0 Å². The normalized spacial score (nSPS) is 15.7. The number of amides is 2. The van der Waals surface area contributed by atoms with Crippen LogP contribution in [0.25, 0.3) is 5.69 Å². The highest BCUT2D eigenvalue weighted by atomic mass is 19.1. The van der Waals surface area contributed by atoms with E-state index in [2.05, 4.69) is 15.7 Å². The molecule has 2 heterocycles. The highest BCUT2D eigenvalue weighted by Crippen LogP contribution is 2.33. The second kappa shape index (κ2) is 6.87. The maximum absolute atomic E-state index is 14.1. The number of hydrogen-bond acceptors (Lipinski definition) is 3. The van der Waals surface area contributed by atoms with Crippen LogP contribution in [0.3, 0.4) is 0 Å². The fourth-order valence-electron chi connectivity index (χ4n) is 2.98. The van der Waals surface area contributed by atoms with Gasteiger partial charge in [0.25, 0.3) is 0 Å². The third-order valence-electron chi connectivity index (χ3n) is 4.18. The molecule has 2 amide bonds. The van der Waals surface area contributed by atoms with Gasteiger partial charge in [0.05, 0.1) is 23.9 Å². The van der Waals surface area contributed by atoms with E-state index in [0.717, 1.165) is 5.69 Å². The molecule has 1 aliphatic heterocycles. The van der Waals surface area contributed by atoms with Gasteiger partial charge in [0.1, 0.15) is 11.6 Å². The molecule has 1 atom stereocenters. The minimum atomic E-state index is -0.448. The van der Waals surface area contributed by atoms with E-state index in [-0.39, 0.29) is 5.82 Å². The van der Waals surface area contributed by atoms with Gasteiger partial charge in [-0.25, -0.2) is 13.9 Å². The van der Waals surface area contributed by atoms with Crippen LogP contribution in [0, 0.1) is 5.82 Å². The Morgan fingerprint density at radius 3 is 2.85 bits per heavy atom. The molecule has 0 fully saturated rings. The Bertz CT molecular complexity index is 926.